The first-order chi connectivity index (χ1) is 13.7. The highest BCUT2D eigenvalue weighted by atomic mass is 16.5. The molecular weight excluding hydrogens is 354 g/mol. The topological polar surface area (TPSA) is 61.9 Å². The van der Waals surface area contributed by atoms with Gasteiger partial charge in [-0.3, -0.25) is 14.5 Å². The number of amides is 2. The Morgan fingerprint density at radius 3 is 2.29 bits per heavy atom. The molecule has 1 N–H and O–H groups in total. The van der Waals surface area contributed by atoms with E-state index in [4.69, 9.17) is 4.74 Å². The fraction of sp³-hybridized carbons (Fsp3) is 0.364. The predicted molar refractivity (Wildman–Crippen MR) is 108 cm³/mol. The third-order valence-corrected chi connectivity index (χ3v) is 4.99. The number of nitrogens with one attached hydrogen (secondary N) is 1. The summed E-state index contributed by atoms with van der Waals surface area (Å²) >= 11 is 0. The summed E-state index contributed by atoms with van der Waals surface area (Å²) in [6.45, 7) is 4.50. The summed E-state index contributed by atoms with van der Waals surface area (Å²) in [6.07, 6.45) is 0.457. The van der Waals surface area contributed by atoms with Gasteiger partial charge >= 0.3 is 0 Å². The molecule has 1 heterocycles. The number of rotatable bonds is 7. The van der Waals surface area contributed by atoms with Crippen LogP contribution in [0.1, 0.15) is 15.9 Å². The average Bonchev–Trinajstić information content (AvgIpc) is 2.75. The van der Waals surface area contributed by atoms with Crippen LogP contribution in [-0.4, -0.2) is 68.0 Å². The molecule has 0 unspecified atom stereocenters. The summed E-state index contributed by atoms with van der Waals surface area (Å²) in [7, 11) is 1.60. The van der Waals surface area contributed by atoms with Gasteiger partial charge in [0.05, 0.1) is 13.5 Å². The molecule has 28 heavy (non-hydrogen) atoms. The van der Waals surface area contributed by atoms with Crippen LogP contribution in [0.5, 0.6) is 5.75 Å². The first-order valence-electron chi connectivity index (χ1n) is 9.62. The molecule has 2 amide bonds. The van der Waals surface area contributed by atoms with Gasteiger partial charge in [-0.15, -0.1) is 0 Å². The highest BCUT2D eigenvalue weighted by Crippen LogP contribution is 2.11. The maximum atomic E-state index is 12.4. The lowest BCUT2D eigenvalue weighted by atomic mass is 10.1. The quantitative estimate of drug-likeness (QED) is 0.795. The summed E-state index contributed by atoms with van der Waals surface area (Å²) in [4.78, 5) is 28.8. The Balaban J connectivity index is 1.36. The summed E-state index contributed by atoms with van der Waals surface area (Å²) in [6, 6.07) is 16.9. The summed E-state index contributed by atoms with van der Waals surface area (Å²) in [5.41, 5.74) is 1.67. The minimum Gasteiger partial charge on any atom is -0.497 e. The van der Waals surface area contributed by atoms with Crippen molar-refractivity contribution >= 4 is 11.8 Å². The first kappa shape index (κ1) is 19.9. The summed E-state index contributed by atoms with van der Waals surface area (Å²) < 4.78 is 5.10. The molecule has 1 fully saturated rings. The van der Waals surface area contributed by atoms with Crippen molar-refractivity contribution in [2.45, 2.75) is 6.42 Å². The zero-order chi connectivity index (χ0) is 19.8. The van der Waals surface area contributed by atoms with Crippen molar-refractivity contribution in [2.24, 2.45) is 0 Å². The number of nitrogens with zero attached hydrogens (tertiary/aromatic N) is 2. The maximum Gasteiger partial charge on any atom is 0.251 e. The van der Waals surface area contributed by atoms with Crippen LogP contribution in [0.25, 0.3) is 0 Å². The van der Waals surface area contributed by atoms with E-state index >= 15 is 0 Å². The van der Waals surface area contributed by atoms with Crippen LogP contribution in [-0.2, 0) is 11.2 Å². The van der Waals surface area contributed by atoms with E-state index in [9.17, 15) is 9.59 Å². The standard InChI is InChI=1S/C22H27N3O3/c1-28-20-9-7-19(8-10-20)22(27)23-11-12-24-13-15-25(16-14-24)21(26)17-18-5-3-2-4-6-18/h2-10H,11-17H2,1H3,(H,23,27). The van der Waals surface area contributed by atoms with Crippen molar-refractivity contribution in [2.75, 3.05) is 46.4 Å². The lowest BCUT2D eigenvalue weighted by molar-refractivity contribution is -0.132. The minimum atomic E-state index is -0.0840. The zero-order valence-corrected chi connectivity index (χ0v) is 16.3. The Morgan fingerprint density at radius 1 is 0.964 bits per heavy atom. The Morgan fingerprint density at radius 2 is 1.64 bits per heavy atom. The monoisotopic (exact) mass is 381 g/mol. The molecular formula is C22H27N3O3. The molecule has 0 saturated carbocycles. The Bertz CT molecular complexity index is 769. The molecule has 0 aromatic heterocycles. The Hall–Kier alpha value is -2.86. The highest BCUT2D eigenvalue weighted by molar-refractivity contribution is 5.94. The molecule has 2 aromatic rings. The fourth-order valence-electron chi connectivity index (χ4n) is 3.28. The van der Waals surface area contributed by atoms with E-state index in [2.05, 4.69) is 10.2 Å². The molecule has 3 rings (SSSR count). The highest BCUT2D eigenvalue weighted by Gasteiger charge is 2.21. The lowest BCUT2D eigenvalue weighted by Gasteiger charge is -2.34. The molecule has 1 aliphatic rings. The second-order valence-corrected chi connectivity index (χ2v) is 6.87. The number of carbonyl (C=O) groups is 2. The SMILES string of the molecule is COc1ccc(C(=O)NCCN2CCN(C(=O)Cc3ccccc3)CC2)cc1. The Kier molecular flexibility index (Phi) is 7.03. The van der Waals surface area contributed by atoms with Crippen LogP contribution in [0.2, 0.25) is 0 Å². The number of benzene rings is 2. The number of hydrogen-bond acceptors (Lipinski definition) is 4. The minimum absolute atomic E-state index is 0.0840. The molecule has 0 spiro atoms. The summed E-state index contributed by atoms with van der Waals surface area (Å²) in [5, 5.41) is 2.95. The Labute approximate surface area is 166 Å². The van der Waals surface area contributed by atoms with E-state index in [1.54, 1.807) is 31.4 Å². The number of carbonyl (C=O) groups excluding carboxylic acids is 2. The van der Waals surface area contributed by atoms with Crippen LogP contribution in [0.15, 0.2) is 54.6 Å². The summed E-state index contributed by atoms with van der Waals surface area (Å²) in [5.74, 6) is 0.828. The molecule has 0 bridgehead atoms. The van der Waals surface area contributed by atoms with Gasteiger partial charge in [0.15, 0.2) is 0 Å². The molecule has 6 nitrogen and oxygen atoms in total. The number of methoxy groups -OCH3 is 1. The number of hydrogen-bond donors (Lipinski definition) is 1. The molecule has 0 radical (unpaired) electrons. The van der Waals surface area contributed by atoms with Crippen LogP contribution in [0.3, 0.4) is 0 Å². The maximum absolute atomic E-state index is 12.4. The number of ether oxygens (including phenoxy) is 1. The molecule has 1 saturated heterocycles. The van der Waals surface area contributed by atoms with Crippen molar-refractivity contribution in [1.29, 1.82) is 0 Å². The third kappa shape index (κ3) is 5.57. The van der Waals surface area contributed by atoms with Crippen LogP contribution in [0.4, 0.5) is 0 Å². The van der Waals surface area contributed by atoms with Gasteiger partial charge in [0.1, 0.15) is 5.75 Å². The van der Waals surface area contributed by atoms with Gasteiger partial charge < -0.3 is 15.0 Å². The normalized spacial score (nSPS) is 14.5. The van der Waals surface area contributed by atoms with Crippen molar-refractivity contribution in [3.63, 3.8) is 0 Å². The van der Waals surface area contributed by atoms with E-state index in [1.165, 1.54) is 0 Å². The van der Waals surface area contributed by atoms with Crippen molar-refractivity contribution in [3.8, 4) is 5.75 Å². The van der Waals surface area contributed by atoms with Crippen molar-refractivity contribution < 1.29 is 14.3 Å². The lowest BCUT2D eigenvalue weighted by Crippen LogP contribution is -2.50. The van der Waals surface area contributed by atoms with Crippen molar-refractivity contribution in [1.82, 2.24) is 15.1 Å². The van der Waals surface area contributed by atoms with Gasteiger partial charge in [-0.2, -0.15) is 0 Å². The van der Waals surface area contributed by atoms with Gasteiger partial charge in [0.2, 0.25) is 5.91 Å². The van der Waals surface area contributed by atoms with Gasteiger partial charge in [-0.05, 0) is 29.8 Å². The van der Waals surface area contributed by atoms with E-state index in [1.807, 2.05) is 35.2 Å². The third-order valence-electron chi connectivity index (χ3n) is 4.99. The van der Waals surface area contributed by atoms with Gasteiger partial charge in [-0.25, -0.2) is 0 Å². The molecule has 0 atom stereocenters. The second-order valence-electron chi connectivity index (χ2n) is 6.87. The molecule has 6 heteroatoms. The van der Waals surface area contributed by atoms with Gasteiger partial charge in [0.25, 0.3) is 5.91 Å². The number of piperazine rings is 1. The van der Waals surface area contributed by atoms with E-state index < -0.39 is 0 Å². The largest absolute Gasteiger partial charge is 0.497 e. The van der Waals surface area contributed by atoms with E-state index in [0.29, 0.717) is 18.5 Å². The second kappa shape index (κ2) is 9.90. The van der Waals surface area contributed by atoms with Crippen LogP contribution < -0.4 is 10.1 Å². The van der Waals surface area contributed by atoms with E-state index in [-0.39, 0.29) is 11.8 Å². The van der Waals surface area contributed by atoms with Gasteiger partial charge in [0, 0.05) is 44.8 Å². The first-order valence-corrected chi connectivity index (χ1v) is 9.62. The average molecular weight is 381 g/mol. The van der Waals surface area contributed by atoms with Crippen LogP contribution in [0, 0.1) is 0 Å². The fourth-order valence-corrected chi connectivity index (χ4v) is 3.28. The molecule has 0 aliphatic carbocycles. The smallest absolute Gasteiger partial charge is 0.251 e. The molecule has 148 valence electrons. The zero-order valence-electron chi connectivity index (χ0n) is 16.3. The predicted octanol–water partition coefficient (Wildman–Crippen LogP) is 1.81. The van der Waals surface area contributed by atoms with Gasteiger partial charge in [-0.1, -0.05) is 30.3 Å². The van der Waals surface area contributed by atoms with E-state index in [0.717, 1.165) is 44.0 Å². The molecule has 1 aliphatic heterocycles. The molecule has 2 aromatic carbocycles. The van der Waals surface area contributed by atoms with Crippen molar-refractivity contribution in [3.05, 3.63) is 65.7 Å². The van der Waals surface area contributed by atoms with Crippen LogP contribution >= 0.6 is 0 Å².